The smallest absolute Gasteiger partial charge is 0.335 e. The molecule has 16 heavy (non-hydrogen) atoms. The van der Waals surface area contributed by atoms with Gasteiger partial charge in [0.25, 0.3) is 0 Å². The van der Waals surface area contributed by atoms with E-state index < -0.39 is 5.97 Å². The first-order valence-corrected chi connectivity index (χ1v) is 5.76. The maximum Gasteiger partial charge on any atom is 0.335 e. The van der Waals surface area contributed by atoms with Gasteiger partial charge in [-0.3, -0.25) is 0 Å². The van der Waals surface area contributed by atoms with Crippen molar-refractivity contribution in [1.82, 2.24) is 0 Å². The highest BCUT2D eigenvalue weighted by molar-refractivity contribution is 5.88. The second-order valence-corrected chi connectivity index (χ2v) is 5.00. The molecule has 3 nitrogen and oxygen atoms in total. The predicted octanol–water partition coefficient (Wildman–Crippen LogP) is 1.69. The van der Waals surface area contributed by atoms with E-state index in [-0.39, 0.29) is 11.5 Å². The average molecular weight is 217 g/mol. The van der Waals surface area contributed by atoms with E-state index in [1.165, 1.54) is 11.1 Å². The fourth-order valence-electron chi connectivity index (χ4n) is 3.08. The van der Waals surface area contributed by atoms with E-state index in [9.17, 15) is 4.79 Å². The van der Waals surface area contributed by atoms with E-state index >= 15 is 0 Å². The molecular formula is C13H15NO2. The Kier molecular flexibility index (Phi) is 1.89. The molecule has 1 aromatic rings. The van der Waals surface area contributed by atoms with Crippen LogP contribution in [0, 0.1) is 0 Å². The minimum Gasteiger partial charge on any atom is -0.478 e. The molecule has 1 fully saturated rings. The van der Waals surface area contributed by atoms with Crippen LogP contribution >= 0.6 is 0 Å². The number of nitrogens with two attached hydrogens (primary N) is 1. The molecule has 3 rings (SSSR count). The van der Waals surface area contributed by atoms with Crippen molar-refractivity contribution < 1.29 is 9.90 Å². The molecule has 2 atom stereocenters. The second kappa shape index (κ2) is 3.08. The quantitative estimate of drug-likeness (QED) is 0.752. The van der Waals surface area contributed by atoms with Crippen LogP contribution in [0.25, 0.3) is 0 Å². The number of carbonyl (C=O) groups is 1. The maximum atomic E-state index is 10.9. The average Bonchev–Trinajstić information content (AvgIpc) is 2.89. The Morgan fingerprint density at radius 2 is 2.25 bits per heavy atom. The number of benzene rings is 1. The van der Waals surface area contributed by atoms with Crippen molar-refractivity contribution in [1.29, 1.82) is 0 Å². The molecule has 0 amide bonds. The molecule has 0 aliphatic heterocycles. The summed E-state index contributed by atoms with van der Waals surface area (Å²) in [7, 11) is 0. The van der Waals surface area contributed by atoms with Crippen LogP contribution in [0.1, 0.15) is 40.7 Å². The molecule has 84 valence electrons. The lowest BCUT2D eigenvalue weighted by atomic mass is 9.79. The van der Waals surface area contributed by atoms with Crippen LogP contribution in [0.4, 0.5) is 0 Å². The van der Waals surface area contributed by atoms with Crippen molar-refractivity contribution in [2.75, 3.05) is 0 Å². The van der Waals surface area contributed by atoms with Crippen LogP contribution in [0.15, 0.2) is 18.2 Å². The zero-order valence-corrected chi connectivity index (χ0v) is 9.07. The lowest BCUT2D eigenvalue weighted by Crippen LogP contribution is -2.24. The van der Waals surface area contributed by atoms with Gasteiger partial charge in [0.05, 0.1) is 5.56 Å². The maximum absolute atomic E-state index is 10.9. The fraction of sp³-hybridized carbons (Fsp3) is 0.462. The first-order valence-electron chi connectivity index (χ1n) is 5.76. The summed E-state index contributed by atoms with van der Waals surface area (Å²) >= 11 is 0. The molecule has 0 aromatic heterocycles. The van der Waals surface area contributed by atoms with E-state index in [4.69, 9.17) is 10.8 Å². The third-order valence-electron chi connectivity index (χ3n) is 4.09. The van der Waals surface area contributed by atoms with Crippen molar-refractivity contribution in [3.8, 4) is 0 Å². The van der Waals surface area contributed by atoms with Crippen LogP contribution in [-0.4, -0.2) is 17.1 Å². The third kappa shape index (κ3) is 1.21. The van der Waals surface area contributed by atoms with Crippen LogP contribution in [-0.2, 0) is 11.8 Å². The lowest BCUT2D eigenvalue weighted by molar-refractivity contribution is 0.0696. The zero-order chi connectivity index (χ0) is 11.3. The molecule has 3 heteroatoms. The van der Waals surface area contributed by atoms with E-state index in [1.54, 1.807) is 6.07 Å². The number of aromatic carboxylic acids is 1. The number of hydrogen-bond acceptors (Lipinski definition) is 2. The monoisotopic (exact) mass is 217 g/mol. The number of carboxylic acids is 1. The SMILES string of the molecule is NC1CC12CCCc1cc(C(=O)O)ccc12. The highest BCUT2D eigenvalue weighted by Crippen LogP contribution is 2.54. The van der Waals surface area contributed by atoms with Gasteiger partial charge in [-0.1, -0.05) is 6.07 Å². The summed E-state index contributed by atoms with van der Waals surface area (Å²) in [6.45, 7) is 0. The first-order chi connectivity index (χ1) is 7.63. The number of fused-ring (bicyclic) bond motifs is 2. The Morgan fingerprint density at radius 1 is 1.50 bits per heavy atom. The fourth-order valence-corrected chi connectivity index (χ4v) is 3.08. The molecule has 2 aliphatic carbocycles. The Balaban J connectivity index is 2.08. The summed E-state index contributed by atoms with van der Waals surface area (Å²) in [5.74, 6) is -0.845. The second-order valence-electron chi connectivity index (χ2n) is 5.00. The number of rotatable bonds is 1. The Bertz CT molecular complexity index is 469. The van der Waals surface area contributed by atoms with Crippen LogP contribution in [0.3, 0.4) is 0 Å². The van der Waals surface area contributed by atoms with Crippen molar-refractivity contribution in [2.45, 2.75) is 37.1 Å². The van der Waals surface area contributed by atoms with Gasteiger partial charge in [-0.05, 0) is 48.9 Å². The van der Waals surface area contributed by atoms with Crippen molar-refractivity contribution in [2.24, 2.45) is 5.73 Å². The summed E-state index contributed by atoms with van der Waals surface area (Å²) in [5.41, 5.74) is 9.10. The van der Waals surface area contributed by atoms with Gasteiger partial charge in [0, 0.05) is 11.5 Å². The van der Waals surface area contributed by atoms with Crippen LogP contribution < -0.4 is 5.73 Å². The van der Waals surface area contributed by atoms with Gasteiger partial charge in [0.1, 0.15) is 0 Å². The van der Waals surface area contributed by atoms with E-state index in [1.807, 2.05) is 12.1 Å². The predicted molar refractivity (Wildman–Crippen MR) is 60.6 cm³/mol. The minimum atomic E-state index is -0.845. The standard InChI is InChI=1S/C13H15NO2/c14-11-7-13(11)5-1-2-8-6-9(12(15)16)3-4-10(8)13/h3-4,6,11H,1-2,5,7,14H2,(H,15,16). The third-order valence-corrected chi connectivity index (χ3v) is 4.09. The molecule has 0 saturated heterocycles. The molecule has 2 unspecified atom stereocenters. The summed E-state index contributed by atoms with van der Waals surface area (Å²) in [5, 5.41) is 8.96. The van der Waals surface area contributed by atoms with Crippen molar-refractivity contribution in [3.05, 3.63) is 34.9 Å². The van der Waals surface area contributed by atoms with Crippen molar-refractivity contribution >= 4 is 5.97 Å². The van der Waals surface area contributed by atoms with Gasteiger partial charge < -0.3 is 10.8 Å². The summed E-state index contributed by atoms with van der Waals surface area (Å²) in [4.78, 5) is 10.9. The zero-order valence-electron chi connectivity index (χ0n) is 9.07. The molecule has 0 radical (unpaired) electrons. The normalized spacial score (nSPS) is 31.2. The largest absolute Gasteiger partial charge is 0.478 e. The highest BCUT2D eigenvalue weighted by Gasteiger charge is 2.54. The first kappa shape index (κ1) is 9.85. The van der Waals surface area contributed by atoms with Crippen LogP contribution in [0.2, 0.25) is 0 Å². The molecule has 1 spiro atoms. The van der Waals surface area contributed by atoms with E-state index in [2.05, 4.69) is 0 Å². The Labute approximate surface area is 94.3 Å². The molecule has 1 saturated carbocycles. The van der Waals surface area contributed by atoms with Gasteiger partial charge in [-0.15, -0.1) is 0 Å². The van der Waals surface area contributed by atoms with Gasteiger partial charge in [-0.25, -0.2) is 4.79 Å². The molecule has 3 N–H and O–H groups in total. The summed E-state index contributed by atoms with van der Waals surface area (Å²) in [6.07, 6.45) is 4.34. The Morgan fingerprint density at radius 3 is 2.88 bits per heavy atom. The van der Waals surface area contributed by atoms with Crippen molar-refractivity contribution in [3.63, 3.8) is 0 Å². The molecule has 1 aromatic carbocycles. The lowest BCUT2D eigenvalue weighted by Gasteiger charge is -2.26. The van der Waals surface area contributed by atoms with E-state index in [0.29, 0.717) is 5.56 Å². The van der Waals surface area contributed by atoms with Gasteiger partial charge in [0.2, 0.25) is 0 Å². The van der Waals surface area contributed by atoms with Crippen LogP contribution in [0.5, 0.6) is 0 Å². The van der Waals surface area contributed by atoms with Gasteiger partial charge in [-0.2, -0.15) is 0 Å². The number of aryl methyl sites for hydroxylation is 1. The minimum absolute atomic E-state index is 0.185. The molecule has 0 heterocycles. The summed E-state index contributed by atoms with van der Waals surface area (Å²) in [6, 6.07) is 5.79. The molecule has 2 aliphatic rings. The van der Waals surface area contributed by atoms with Gasteiger partial charge >= 0.3 is 5.97 Å². The summed E-state index contributed by atoms with van der Waals surface area (Å²) < 4.78 is 0. The molecule has 0 bridgehead atoms. The number of hydrogen-bond donors (Lipinski definition) is 2. The van der Waals surface area contributed by atoms with E-state index in [0.717, 1.165) is 25.7 Å². The topological polar surface area (TPSA) is 63.3 Å². The highest BCUT2D eigenvalue weighted by atomic mass is 16.4. The van der Waals surface area contributed by atoms with Gasteiger partial charge in [0.15, 0.2) is 0 Å². The number of carboxylic acid groups (broad SMARTS) is 1. The molecular weight excluding hydrogens is 202 g/mol. The Hall–Kier alpha value is -1.35.